The summed E-state index contributed by atoms with van der Waals surface area (Å²) in [5.74, 6) is -0.131. The molecule has 0 aromatic heterocycles. The summed E-state index contributed by atoms with van der Waals surface area (Å²) in [6.07, 6.45) is 1.67. The SMILES string of the molecule is CC(C)(C)C(=O)/C(C#N)=C\c1ccc2ccccc2c1. The zero-order valence-corrected chi connectivity index (χ0v) is 12.0. The van der Waals surface area contributed by atoms with E-state index in [0.29, 0.717) is 0 Å². The Kier molecular flexibility index (Phi) is 3.72. The number of nitriles is 1. The third-order valence-corrected chi connectivity index (χ3v) is 3.13. The van der Waals surface area contributed by atoms with Crippen molar-refractivity contribution in [3.05, 3.63) is 53.6 Å². The molecule has 0 amide bonds. The van der Waals surface area contributed by atoms with Crippen LogP contribution in [0.2, 0.25) is 0 Å². The molecular formula is C18H17NO. The van der Waals surface area contributed by atoms with E-state index >= 15 is 0 Å². The van der Waals surface area contributed by atoms with Gasteiger partial charge in [0, 0.05) is 5.41 Å². The fraction of sp³-hybridized carbons (Fsp3) is 0.222. The zero-order valence-electron chi connectivity index (χ0n) is 12.0. The van der Waals surface area contributed by atoms with E-state index in [9.17, 15) is 10.1 Å². The first-order chi connectivity index (χ1) is 9.41. The fourth-order valence-electron chi connectivity index (χ4n) is 2.02. The lowest BCUT2D eigenvalue weighted by Crippen LogP contribution is -2.21. The van der Waals surface area contributed by atoms with Crippen LogP contribution in [0.4, 0.5) is 0 Å². The van der Waals surface area contributed by atoms with E-state index in [2.05, 4.69) is 0 Å². The smallest absolute Gasteiger partial charge is 0.178 e. The minimum Gasteiger partial charge on any atom is -0.293 e. The number of Topliss-reactive ketones (excluding diaryl/α,β-unsaturated/α-hetero) is 1. The van der Waals surface area contributed by atoms with Crippen LogP contribution in [0.3, 0.4) is 0 Å². The topological polar surface area (TPSA) is 40.9 Å². The summed E-state index contributed by atoms with van der Waals surface area (Å²) in [6, 6.07) is 15.9. The lowest BCUT2D eigenvalue weighted by atomic mass is 9.86. The number of nitrogens with zero attached hydrogens (tertiary/aromatic N) is 1. The Hall–Kier alpha value is -2.40. The molecule has 0 heterocycles. The lowest BCUT2D eigenvalue weighted by molar-refractivity contribution is -0.121. The Morgan fingerprint density at radius 1 is 1.10 bits per heavy atom. The van der Waals surface area contributed by atoms with E-state index < -0.39 is 5.41 Å². The van der Waals surface area contributed by atoms with Gasteiger partial charge in [-0.1, -0.05) is 57.2 Å². The predicted octanol–water partition coefficient (Wildman–Crippen LogP) is 4.36. The Labute approximate surface area is 119 Å². The summed E-state index contributed by atoms with van der Waals surface area (Å²) in [5.41, 5.74) is 0.531. The summed E-state index contributed by atoms with van der Waals surface area (Å²) in [7, 11) is 0. The average Bonchev–Trinajstić information content (AvgIpc) is 2.43. The number of ketones is 1. The van der Waals surface area contributed by atoms with Crippen LogP contribution in [0.5, 0.6) is 0 Å². The second-order valence-electron chi connectivity index (χ2n) is 5.86. The highest BCUT2D eigenvalue weighted by molar-refractivity contribution is 6.06. The molecule has 100 valence electrons. The molecule has 2 rings (SSSR count). The van der Waals surface area contributed by atoms with Crippen LogP contribution < -0.4 is 0 Å². The lowest BCUT2D eigenvalue weighted by Gasteiger charge is -2.15. The molecule has 2 aromatic rings. The molecule has 0 radical (unpaired) electrons. The van der Waals surface area contributed by atoms with Crippen molar-refractivity contribution < 1.29 is 4.79 Å². The molecular weight excluding hydrogens is 246 g/mol. The van der Waals surface area contributed by atoms with Crippen molar-refractivity contribution in [3.63, 3.8) is 0 Å². The maximum absolute atomic E-state index is 12.2. The van der Waals surface area contributed by atoms with Crippen LogP contribution in [0, 0.1) is 16.7 Å². The van der Waals surface area contributed by atoms with E-state index in [1.807, 2.05) is 69.3 Å². The van der Waals surface area contributed by atoms with E-state index in [1.54, 1.807) is 6.08 Å². The highest BCUT2D eigenvalue weighted by atomic mass is 16.1. The molecule has 0 unspecified atom stereocenters. The molecule has 0 N–H and O–H groups in total. The molecule has 0 aliphatic carbocycles. The van der Waals surface area contributed by atoms with Crippen molar-refractivity contribution in [2.24, 2.45) is 5.41 Å². The molecule has 2 nitrogen and oxygen atoms in total. The van der Waals surface area contributed by atoms with Gasteiger partial charge in [0.1, 0.15) is 6.07 Å². The Morgan fingerprint density at radius 3 is 2.35 bits per heavy atom. The quantitative estimate of drug-likeness (QED) is 0.596. The summed E-state index contributed by atoms with van der Waals surface area (Å²) in [4.78, 5) is 12.2. The van der Waals surface area contributed by atoms with Gasteiger partial charge >= 0.3 is 0 Å². The van der Waals surface area contributed by atoms with E-state index in [4.69, 9.17) is 0 Å². The Bertz CT molecular complexity index is 727. The van der Waals surface area contributed by atoms with Crippen molar-refractivity contribution in [1.82, 2.24) is 0 Å². The van der Waals surface area contributed by atoms with Crippen molar-refractivity contribution in [1.29, 1.82) is 5.26 Å². The van der Waals surface area contributed by atoms with Crippen LogP contribution in [-0.4, -0.2) is 5.78 Å². The third kappa shape index (κ3) is 2.95. The van der Waals surface area contributed by atoms with E-state index in [-0.39, 0.29) is 11.4 Å². The number of carbonyl (C=O) groups is 1. The number of allylic oxidation sites excluding steroid dienone is 1. The first-order valence-corrected chi connectivity index (χ1v) is 6.57. The summed E-state index contributed by atoms with van der Waals surface area (Å²) >= 11 is 0. The molecule has 2 heteroatoms. The standard InChI is InChI=1S/C18H17NO/c1-18(2,3)17(20)16(12-19)11-13-8-9-14-6-4-5-7-15(14)10-13/h4-11H,1-3H3/b16-11-. The Morgan fingerprint density at radius 2 is 1.75 bits per heavy atom. The molecule has 0 aliphatic heterocycles. The van der Waals surface area contributed by atoms with Gasteiger partial charge in [-0.25, -0.2) is 0 Å². The van der Waals surface area contributed by atoms with Gasteiger partial charge in [-0.15, -0.1) is 0 Å². The molecule has 0 fully saturated rings. The number of rotatable bonds is 2. The number of hydrogen-bond acceptors (Lipinski definition) is 2. The molecule has 0 atom stereocenters. The summed E-state index contributed by atoms with van der Waals surface area (Å²) in [6.45, 7) is 5.46. The molecule has 0 aliphatic rings. The number of hydrogen-bond donors (Lipinski definition) is 0. The molecule has 0 bridgehead atoms. The monoisotopic (exact) mass is 263 g/mol. The zero-order chi connectivity index (χ0) is 14.8. The number of carbonyl (C=O) groups excluding carboxylic acids is 1. The molecule has 20 heavy (non-hydrogen) atoms. The minimum absolute atomic E-state index is 0.131. The van der Waals surface area contributed by atoms with Crippen LogP contribution in [0.25, 0.3) is 16.8 Å². The van der Waals surface area contributed by atoms with Gasteiger partial charge in [0.2, 0.25) is 0 Å². The van der Waals surface area contributed by atoms with Gasteiger partial charge in [-0.2, -0.15) is 5.26 Å². The summed E-state index contributed by atoms with van der Waals surface area (Å²) < 4.78 is 0. The van der Waals surface area contributed by atoms with Crippen molar-refractivity contribution in [2.75, 3.05) is 0 Å². The maximum Gasteiger partial charge on any atom is 0.178 e. The second kappa shape index (κ2) is 5.30. The minimum atomic E-state index is -0.543. The van der Waals surface area contributed by atoms with Crippen molar-refractivity contribution in [3.8, 4) is 6.07 Å². The van der Waals surface area contributed by atoms with Crippen LogP contribution in [0.1, 0.15) is 26.3 Å². The first kappa shape index (κ1) is 14.0. The van der Waals surface area contributed by atoms with Gasteiger partial charge in [-0.3, -0.25) is 4.79 Å². The van der Waals surface area contributed by atoms with Crippen molar-refractivity contribution >= 4 is 22.6 Å². The van der Waals surface area contributed by atoms with Gasteiger partial charge < -0.3 is 0 Å². The largest absolute Gasteiger partial charge is 0.293 e. The Balaban J connectivity index is 2.45. The van der Waals surface area contributed by atoms with E-state index in [0.717, 1.165) is 16.3 Å². The number of fused-ring (bicyclic) bond motifs is 1. The molecule has 0 saturated carbocycles. The first-order valence-electron chi connectivity index (χ1n) is 6.57. The maximum atomic E-state index is 12.2. The molecule has 0 spiro atoms. The number of benzene rings is 2. The third-order valence-electron chi connectivity index (χ3n) is 3.13. The fourth-order valence-corrected chi connectivity index (χ4v) is 2.02. The highest BCUT2D eigenvalue weighted by Gasteiger charge is 2.24. The van der Waals surface area contributed by atoms with Crippen LogP contribution in [0.15, 0.2) is 48.0 Å². The van der Waals surface area contributed by atoms with Gasteiger partial charge in [0.25, 0.3) is 0 Å². The highest BCUT2D eigenvalue weighted by Crippen LogP contribution is 2.22. The predicted molar refractivity (Wildman–Crippen MR) is 82.0 cm³/mol. The van der Waals surface area contributed by atoms with E-state index in [1.165, 1.54) is 0 Å². The average molecular weight is 263 g/mol. The van der Waals surface area contributed by atoms with Crippen molar-refractivity contribution in [2.45, 2.75) is 20.8 Å². The van der Waals surface area contributed by atoms with Crippen LogP contribution in [-0.2, 0) is 4.79 Å². The molecule has 0 saturated heterocycles. The summed E-state index contributed by atoms with van der Waals surface area (Å²) in [5, 5.41) is 11.4. The second-order valence-corrected chi connectivity index (χ2v) is 5.86. The molecule has 2 aromatic carbocycles. The van der Waals surface area contributed by atoms with Crippen LogP contribution >= 0.6 is 0 Å². The normalized spacial score (nSPS) is 12.2. The van der Waals surface area contributed by atoms with Gasteiger partial charge in [0.05, 0.1) is 5.57 Å². The van der Waals surface area contributed by atoms with Gasteiger partial charge in [0.15, 0.2) is 5.78 Å². The van der Waals surface area contributed by atoms with Gasteiger partial charge in [-0.05, 0) is 28.5 Å².